The lowest BCUT2D eigenvalue weighted by Crippen LogP contribution is -2.40. The number of nitrogens with one attached hydrogen (secondary N) is 1. The van der Waals surface area contributed by atoms with E-state index in [0.29, 0.717) is 13.1 Å². The maximum atomic E-state index is 12.1. The Bertz CT molecular complexity index is 462. The lowest BCUT2D eigenvalue weighted by molar-refractivity contribution is 0.491. The van der Waals surface area contributed by atoms with Crippen molar-refractivity contribution >= 4 is 10.0 Å². The summed E-state index contributed by atoms with van der Waals surface area (Å²) in [6.07, 6.45) is 1.62. The predicted octanol–water partition coefficient (Wildman–Crippen LogP) is 1.04. The van der Waals surface area contributed by atoms with Gasteiger partial charge in [-0.1, -0.05) is 0 Å². The van der Waals surface area contributed by atoms with Crippen LogP contribution in [0.3, 0.4) is 0 Å². The first-order valence-corrected chi connectivity index (χ1v) is 7.11. The van der Waals surface area contributed by atoms with Crippen molar-refractivity contribution in [2.24, 2.45) is 5.73 Å². The Hall–Kier alpha value is -0.850. The molecule has 0 radical (unpaired) electrons. The molecule has 1 aromatic heterocycles. The molecule has 17 heavy (non-hydrogen) atoms. The van der Waals surface area contributed by atoms with Gasteiger partial charge < -0.3 is 10.3 Å². The van der Waals surface area contributed by atoms with Crippen LogP contribution in [0.5, 0.6) is 0 Å². The van der Waals surface area contributed by atoms with Crippen LogP contribution in [0.2, 0.25) is 0 Å². The molecule has 0 atom stereocenters. The number of sulfonamides is 1. The molecule has 1 aromatic rings. The summed E-state index contributed by atoms with van der Waals surface area (Å²) in [5.41, 5.74) is 5.91. The zero-order valence-electron chi connectivity index (χ0n) is 10.8. The third-order valence-electron chi connectivity index (χ3n) is 2.26. The Morgan fingerprint density at radius 3 is 2.35 bits per heavy atom. The molecule has 0 amide bonds. The highest BCUT2D eigenvalue weighted by molar-refractivity contribution is 7.89. The highest BCUT2D eigenvalue weighted by atomic mass is 32.2. The average Bonchev–Trinajstić information content (AvgIpc) is 2.57. The molecular weight excluding hydrogens is 238 g/mol. The van der Waals surface area contributed by atoms with E-state index >= 15 is 0 Å². The normalized spacial score (nSPS) is 13.0. The minimum Gasteiger partial charge on any atom is -0.349 e. The van der Waals surface area contributed by atoms with Gasteiger partial charge in [0.1, 0.15) is 0 Å². The van der Waals surface area contributed by atoms with Gasteiger partial charge in [0, 0.05) is 30.5 Å². The van der Waals surface area contributed by atoms with Gasteiger partial charge >= 0.3 is 0 Å². The third kappa shape index (κ3) is 3.55. The average molecular weight is 259 g/mol. The van der Waals surface area contributed by atoms with Crippen LogP contribution in [-0.2, 0) is 23.1 Å². The highest BCUT2D eigenvalue weighted by Gasteiger charge is 2.23. The Kier molecular flexibility index (Phi) is 4.01. The first-order chi connectivity index (χ1) is 7.69. The van der Waals surface area contributed by atoms with Crippen LogP contribution >= 0.6 is 0 Å². The van der Waals surface area contributed by atoms with Gasteiger partial charge in [0.2, 0.25) is 10.0 Å². The molecule has 1 rings (SSSR count). The molecule has 0 aliphatic rings. The van der Waals surface area contributed by atoms with Crippen molar-refractivity contribution in [1.29, 1.82) is 0 Å². The summed E-state index contributed by atoms with van der Waals surface area (Å²) >= 11 is 0. The number of rotatable bonds is 4. The van der Waals surface area contributed by atoms with Crippen molar-refractivity contribution in [3.63, 3.8) is 0 Å². The number of aromatic nitrogens is 1. The summed E-state index contributed by atoms with van der Waals surface area (Å²) in [6.45, 7) is 8.42. The van der Waals surface area contributed by atoms with E-state index < -0.39 is 15.6 Å². The maximum absolute atomic E-state index is 12.1. The van der Waals surface area contributed by atoms with E-state index in [2.05, 4.69) is 4.72 Å². The first-order valence-electron chi connectivity index (χ1n) is 5.62. The van der Waals surface area contributed by atoms with Gasteiger partial charge in [-0.25, -0.2) is 13.1 Å². The Balaban J connectivity index is 3.12. The number of hydrogen-bond donors (Lipinski definition) is 2. The van der Waals surface area contributed by atoms with Crippen molar-refractivity contribution in [3.05, 3.63) is 18.0 Å². The van der Waals surface area contributed by atoms with Gasteiger partial charge in [-0.3, -0.25) is 0 Å². The van der Waals surface area contributed by atoms with Gasteiger partial charge in [0.05, 0.1) is 4.90 Å². The maximum Gasteiger partial charge on any atom is 0.242 e. The van der Waals surface area contributed by atoms with Gasteiger partial charge in [0.15, 0.2) is 0 Å². The highest BCUT2D eigenvalue weighted by Crippen LogP contribution is 2.16. The molecular formula is C11H21N3O2S. The van der Waals surface area contributed by atoms with E-state index in [1.807, 2.05) is 32.3 Å². The Morgan fingerprint density at radius 2 is 2.00 bits per heavy atom. The molecule has 0 fully saturated rings. The smallest absolute Gasteiger partial charge is 0.242 e. The molecule has 0 spiro atoms. The molecule has 0 bridgehead atoms. The topological polar surface area (TPSA) is 77.1 Å². The largest absolute Gasteiger partial charge is 0.349 e. The lowest BCUT2D eigenvalue weighted by atomic mass is 10.1. The fraction of sp³-hybridized carbons (Fsp3) is 0.636. The molecule has 5 nitrogen and oxygen atoms in total. The van der Waals surface area contributed by atoms with Crippen LogP contribution in [0.25, 0.3) is 0 Å². The monoisotopic (exact) mass is 259 g/mol. The minimum atomic E-state index is -3.47. The van der Waals surface area contributed by atoms with Gasteiger partial charge in [-0.2, -0.15) is 0 Å². The van der Waals surface area contributed by atoms with Crippen LogP contribution in [0, 0.1) is 0 Å². The van der Waals surface area contributed by atoms with Gasteiger partial charge in [0.25, 0.3) is 0 Å². The zero-order valence-corrected chi connectivity index (χ0v) is 11.6. The quantitative estimate of drug-likeness (QED) is 0.848. The van der Waals surface area contributed by atoms with E-state index in [1.165, 1.54) is 0 Å². The van der Waals surface area contributed by atoms with E-state index in [-0.39, 0.29) is 4.90 Å². The molecule has 0 saturated heterocycles. The molecule has 1 heterocycles. The fourth-order valence-electron chi connectivity index (χ4n) is 1.60. The van der Waals surface area contributed by atoms with Crippen LogP contribution in [0.15, 0.2) is 17.2 Å². The second-order valence-electron chi connectivity index (χ2n) is 5.01. The van der Waals surface area contributed by atoms with Crippen molar-refractivity contribution in [1.82, 2.24) is 9.29 Å². The molecule has 0 aliphatic carbocycles. The second kappa shape index (κ2) is 4.80. The molecule has 0 aliphatic heterocycles. The molecule has 0 saturated carbocycles. The number of hydrogen-bond acceptors (Lipinski definition) is 3. The lowest BCUT2D eigenvalue weighted by Gasteiger charge is -2.19. The summed E-state index contributed by atoms with van der Waals surface area (Å²) in [7, 11) is -3.47. The number of nitrogens with zero attached hydrogens (tertiary/aromatic N) is 1. The number of nitrogens with two attached hydrogens (primary N) is 1. The van der Waals surface area contributed by atoms with Crippen molar-refractivity contribution < 1.29 is 8.42 Å². The van der Waals surface area contributed by atoms with Crippen molar-refractivity contribution in [2.45, 2.75) is 51.2 Å². The molecule has 3 N–H and O–H groups in total. The van der Waals surface area contributed by atoms with Crippen molar-refractivity contribution in [3.8, 4) is 0 Å². The van der Waals surface area contributed by atoms with E-state index in [9.17, 15) is 8.42 Å². The summed E-state index contributed by atoms with van der Waals surface area (Å²) in [4.78, 5) is 0.273. The Morgan fingerprint density at radius 1 is 1.41 bits per heavy atom. The second-order valence-corrected chi connectivity index (χ2v) is 6.70. The summed E-state index contributed by atoms with van der Waals surface area (Å²) < 4.78 is 28.6. The SMILES string of the molecule is CCn1cc(S(=O)(=O)NC(C)(C)C)cc1CN. The third-order valence-corrected chi connectivity index (χ3v) is 3.99. The van der Waals surface area contributed by atoms with Crippen molar-refractivity contribution in [2.75, 3.05) is 0 Å². The molecule has 0 aromatic carbocycles. The summed E-state index contributed by atoms with van der Waals surface area (Å²) in [5, 5.41) is 0. The van der Waals surface area contributed by atoms with Crippen LogP contribution in [0.1, 0.15) is 33.4 Å². The van der Waals surface area contributed by atoms with E-state index in [4.69, 9.17) is 5.73 Å². The molecule has 0 unspecified atom stereocenters. The Labute approximate surface area is 103 Å². The molecule has 98 valence electrons. The molecule has 6 heteroatoms. The van der Waals surface area contributed by atoms with Crippen LogP contribution in [-0.4, -0.2) is 18.5 Å². The van der Waals surface area contributed by atoms with E-state index in [1.54, 1.807) is 12.3 Å². The van der Waals surface area contributed by atoms with Gasteiger partial charge in [-0.05, 0) is 33.8 Å². The standard InChI is InChI=1S/C11H21N3O2S/c1-5-14-8-10(6-9(14)7-12)17(15,16)13-11(2,3)4/h6,8,13H,5,7,12H2,1-4H3. The first kappa shape index (κ1) is 14.2. The summed E-state index contributed by atoms with van der Waals surface area (Å²) in [6, 6.07) is 1.62. The van der Waals surface area contributed by atoms with Crippen LogP contribution in [0.4, 0.5) is 0 Å². The summed E-state index contributed by atoms with van der Waals surface area (Å²) in [5.74, 6) is 0. The number of aryl methyl sites for hydroxylation is 1. The van der Waals surface area contributed by atoms with Crippen LogP contribution < -0.4 is 10.5 Å². The van der Waals surface area contributed by atoms with E-state index in [0.717, 1.165) is 5.69 Å². The minimum absolute atomic E-state index is 0.273. The zero-order chi connectivity index (χ0) is 13.3. The van der Waals surface area contributed by atoms with Gasteiger partial charge in [-0.15, -0.1) is 0 Å². The predicted molar refractivity (Wildman–Crippen MR) is 68.1 cm³/mol. The fourth-order valence-corrected chi connectivity index (χ4v) is 3.08.